The Kier molecular flexibility index (Phi) is 1.89. The van der Waals surface area contributed by atoms with E-state index in [1.807, 2.05) is 30.3 Å². The minimum absolute atomic E-state index is 0.0118. The first kappa shape index (κ1) is 8.73. The van der Waals surface area contributed by atoms with Gasteiger partial charge >= 0.3 is 6.09 Å². The summed E-state index contributed by atoms with van der Waals surface area (Å²) >= 11 is 0. The standard InChI is InChI=1S/C11H12N2O2/c14-11-13(8-4-2-1-3-5-8)9-6-12-7-10(9)15-11/h1-5,9-10,12H,6-7H2. The lowest BCUT2D eigenvalue weighted by atomic mass is 10.2. The van der Waals surface area contributed by atoms with Gasteiger partial charge in [0.1, 0.15) is 6.10 Å². The fraction of sp³-hybridized carbons (Fsp3) is 0.364. The first-order valence-corrected chi connectivity index (χ1v) is 5.12. The summed E-state index contributed by atoms with van der Waals surface area (Å²) < 4.78 is 5.28. The Morgan fingerprint density at radius 2 is 2.07 bits per heavy atom. The molecule has 0 radical (unpaired) electrons. The van der Waals surface area contributed by atoms with Crippen molar-refractivity contribution < 1.29 is 9.53 Å². The maximum Gasteiger partial charge on any atom is 0.415 e. The predicted octanol–water partition coefficient (Wildman–Crippen LogP) is 0.984. The van der Waals surface area contributed by atoms with Gasteiger partial charge in [-0.15, -0.1) is 0 Å². The van der Waals surface area contributed by atoms with Crippen molar-refractivity contribution in [2.45, 2.75) is 12.1 Å². The van der Waals surface area contributed by atoms with E-state index in [0.29, 0.717) is 0 Å². The predicted molar refractivity (Wildman–Crippen MR) is 55.8 cm³/mol. The molecule has 2 heterocycles. The van der Waals surface area contributed by atoms with E-state index in [4.69, 9.17) is 4.74 Å². The Labute approximate surface area is 87.8 Å². The van der Waals surface area contributed by atoms with Gasteiger partial charge in [0.05, 0.1) is 6.04 Å². The molecule has 2 unspecified atom stereocenters. The van der Waals surface area contributed by atoms with Crippen molar-refractivity contribution in [2.24, 2.45) is 0 Å². The highest BCUT2D eigenvalue weighted by Gasteiger charge is 2.45. The molecule has 4 heteroatoms. The van der Waals surface area contributed by atoms with Gasteiger partial charge in [-0.25, -0.2) is 4.79 Å². The molecule has 0 spiro atoms. The number of carbonyl (C=O) groups is 1. The van der Waals surface area contributed by atoms with Crippen LogP contribution in [0, 0.1) is 0 Å². The first-order valence-electron chi connectivity index (χ1n) is 5.12. The molecule has 3 rings (SSSR count). The fourth-order valence-electron chi connectivity index (χ4n) is 2.23. The zero-order valence-electron chi connectivity index (χ0n) is 8.22. The number of anilines is 1. The van der Waals surface area contributed by atoms with Crippen molar-refractivity contribution in [3.8, 4) is 0 Å². The third-order valence-electron chi connectivity index (χ3n) is 2.94. The van der Waals surface area contributed by atoms with Crippen molar-refractivity contribution in [3.05, 3.63) is 30.3 Å². The molecule has 1 aromatic carbocycles. The molecule has 15 heavy (non-hydrogen) atoms. The van der Waals surface area contributed by atoms with E-state index in [1.165, 1.54) is 0 Å². The Bertz CT molecular complexity index is 379. The molecular weight excluding hydrogens is 192 g/mol. The number of hydrogen-bond acceptors (Lipinski definition) is 3. The van der Waals surface area contributed by atoms with Gasteiger partial charge in [-0.3, -0.25) is 4.90 Å². The summed E-state index contributed by atoms with van der Waals surface area (Å²) in [6.07, 6.45) is -0.213. The van der Waals surface area contributed by atoms with E-state index in [0.717, 1.165) is 18.8 Å². The number of ether oxygens (including phenoxy) is 1. The van der Waals surface area contributed by atoms with Crippen molar-refractivity contribution in [3.63, 3.8) is 0 Å². The Balaban J connectivity index is 1.95. The van der Waals surface area contributed by atoms with Gasteiger partial charge in [0, 0.05) is 18.8 Å². The zero-order chi connectivity index (χ0) is 10.3. The van der Waals surface area contributed by atoms with E-state index in [2.05, 4.69) is 5.32 Å². The van der Waals surface area contributed by atoms with Crippen molar-refractivity contribution in [2.75, 3.05) is 18.0 Å². The molecule has 1 amide bonds. The number of benzene rings is 1. The third kappa shape index (κ3) is 1.29. The number of rotatable bonds is 1. The summed E-state index contributed by atoms with van der Waals surface area (Å²) in [5.41, 5.74) is 0.915. The molecule has 1 aromatic rings. The average Bonchev–Trinajstić information content (AvgIpc) is 2.78. The summed E-state index contributed by atoms with van der Waals surface area (Å²) in [6.45, 7) is 1.57. The van der Waals surface area contributed by atoms with Crippen molar-refractivity contribution in [1.82, 2.24) is 5.32 Å². The van der Waals surface area contributed by atoms with E-state index >= 15 is 0 Å². The normalized spacial score (nSPS) is 29.1. The molecule has 0 aliphatic carbocycles. The van der Waals surface area contributed by atoms with Crippen LogP contribution in [0.3, 0.4) is 0 Å². The third-order valence-corrected chi connectivity index (χ3v) is 2.94. The van der Waals surface area contributed by atoms with E-state index in [-0.39, 0.29) is 18.2 Å². The molecule has 0 bridgehead atoms. The maximum atomic E-state index is 11.7. The van der Waals surface area contributed by atoms with Crippen LogP contribution < -0.4 is 10.2 Å². The topological polar surface area (TPSA) is 41.6 Å². The lowest BCUT2D eigenvalue weighted by Crippen LogP contribution is -2.37. The van der Waals surface area contributed by atoms with Crippen molar-refractivity contribution >= 4 is 11.8 Å². The van der Waals surface area contributed by atoms with Crippen LogP contribution in [0.5, 0.6) is 0 Å². The quantitative estimate of drug-likeness (QED) is 0.741. The molecule has 2 aliphatic rings. The van der Waals surface area contributed by atoms with Crippen LogP contribution in [0.4, 0.5) is 10.5 Å². The van der Waals surface area contributed by atoms with E-state index in [9.17, 15) is 4.79 Å². The number of carbonyl (C=O) groups excluding carboxylic acids is 1. The van der Waals surface area contributed by atoms with Gasteiger partial charge in [0.25, 0.3) is 0 Å². The van der Waals surface area contributed by atoms with Crippen LogP contribution in [-0.4, -0.2) is 31.3 Å². The smallest absolute Gasteiger partial charge is 0.415 e. The summed E-state index contributed by atoms with van der Waals surface area (Å²) in [4.78, 5) is 13.4. The average molecular weight is 204 g/mol. The summed E-state index contributed by atoms with van der Waals surface area (Å²) in [6, 6.07) is 9.82. The number of amides is 1. The molecular formula is C11H12N2O2. The first-order chi connectivity index (χ1) is 7.36. The van der Waals surface area contributed by atoms with Gasteiger partial charge in [-0.1, -0.05) is 18.2 Å². The molecule has 78 valence electrons. The Morgan fingerprint density at radius 1 is 1.27 bits per heavy atom. The minimum atomic E-state index is -0.224. The van der Waals surface area contributed by atoms with Gasteiger partial charge in [-0.05, 0) is 12.1 Å². The molecule has 0 saturated carbocycles. The van der Waals surface area contributed by atoms with Gasteiger partial charge in [0.2, 0.25) is 0 Å². The number of nitrogens with one attached hydrogen (secondary N) is 1. The number of fused-ring (bicyclic) bond motifs is 1. The van der Waals surface area contributed by atoms with Crippen molar-refractivity contribution in [1.29, 1.82) is 0 Å². The lowest BCUT2D eigenvalue weighted by Gasteiger charge is -2.19. The number of hydrogen-bond donors (Lipinski definition) is 1. The number of para-hydroxylation sites is 1. The van der Waals surface area contributed by atoms with Crippen LogP contribution in [0.25, 0.3) is 0 Å². The minimum Gasteiger partial charge on any atom is -0.442 e. The van der Waals surface area contributed by atoms with Gasteiger partial charge in [0.15, 0.2) is 0 Å². The summed E-state index contributed by atoms with van der Waals surface area (Å²) in [5.74, 6) is 0. The van der Waals surface area contributed by atoms with Crippen LogP contribution in [0.2, 0.25) is 0 Å². The molecule has 2 atom stereocenters. The molecule has 2 saturated heterocycles. The fourth-order valence-corrected chi connectivity index (χ4v) is 2.23. The Morgan fingerprint density at radius 3 is 2.87 bits per heavy atom. The highest BCUT2D eigenvalue weighted by atomic mass is 16.6. The molecule has 1 N–H and O–H groups in total. The number of nitrogens with zero attached hydrogens (tertiary/aromatic N) is 1. The second-order valence-electron chi connectivity index (χ2n) is 3.85. The second kappa shape index (κ2) is 3.24. The van der Waals surface area contributed by atoms with Crippen LogP contribution in [0.15, 0.2) is 30.3 Å². The summed E-state index contributed by atoms with van der Waals surface area (Å²) in [5, 5.41) is 3.23. The van der Waals surface area contributed by atoms with Crippen LogP contribution in [0.1, 0.15) is 0 Å². The summed E-state index contributed by atoms with van der Waals surface area (Å²) in [7, 11) is 0. The lowest BCUT2D eigenvalue weighted by molar-refractivity contribution is 0.143. The molecule has 2 aliphatic heterocycles. The van der Waals surface area contributed by atoms with E-state index in [1.54, 1.807) is 4.90 Å². The zero-order valence-corrected chi connectivity index (χ0v) is 8.22. The maximum absolute atomic E-state index is 11.7. The monoisotopic (exact) mass is 204 g/mol. The van der Waals surface area contributed by atoms with E-state index < -0.39 is 0 Å². The van der Waals surface area contributed by atoms with Gasteiger partial charge in [-0.2, -0.15) is 0 Å². The highest BCUT2D eigenvalue weighted by molar-refractivity contribution is 5.90. The van der Waals surface area contributed by atoms with Crippen LogP contribution >= 0.6 is 0 Å². The molecule has 4 nitrogen and oxygen atoms in total. The molecule has 2 fully saturated rings. The second-order valence-corrected chi connectivity index (χ2v) is 3.85. The highest BCUT2D eigenvalue weighted by Crippen LogP contribution is 2.28. The SMILES string of the molecule is O=C1OC2CNCC2N1c1ccccc1. The molecule has 0 aromatic heterocycles. The largest absolute Gasteiger partial charge is 0.442 e. The Hall–Kier alpha value is -1.55. The van der Waals surface area contributed by atoms with Crippen LogP contribution in [-0.2, 0) is 4.74 Å². The van der Waals surface area contributed by atoms with Gasteiger partial charge < -0.3 is 10.1 Å².